The molecule has 0 amide bonds. The van der Waals surface area contributed by atoms with Crippen LogP contribution in [0, 0.1) is 41.4 Å². The van der Waals surface area contributed by atoms with E-state index in [2.05, 4.69) is 32.6 Å². The number of rotatable bonds is 2. The van der Waals surface area contributed by atoms with Gasteiger partial charge in [0, 0.05) is 6.54 Å². The quantitative estimate of drug-likeness (QED) is 0.687. The summed E-state index contributed by atoms with van der Waals surface area (Å²) >= 11 is 0. The maximum atomic E-state index is 2.64. The van der Waals surface area contributed by atoms with E-state index >= 15 is 0 Å². The summed E-state index contributed by atoms with van der Waals surface area (Å²) in [4.78, 5) is 2.64. The molecule has 21 heavy (non-hydrogen) atoms. The summed E-state index contributed by atoms with van der Waals surface area (Å²) in [6.07, 6.45) is 9.18. The van der Waals surface area contributed by atoms with E-state index in [9.17, 15) is 0 Å². The Morgan fingerprint density at radius 3 is 1.67 bits per heavy atom. The van der Waals surface area contributed by atoms with Crippen molar-refractivity contribution in [1.29, 1.82) is 0 Å². The molecule has 3 heterocycles. The molecular formula is C20H37N. The first-order valence-electron chi connectivity index (χ1n) is 9.77. The SMILES string of the molecule is CC(C)C1CN2CCC1CC2.CC(C)C1C[C@H]2CC[C@@H]1C2. The van der Waals surface area contributed by atoms with E-state index in [0.29, 0.717) is 0 Å². The van der Waals surface area contributed by atoms with Gasteiger partial charge in [-0.25, -0.2) is 0 Å². The predicted octanol–water partition coefficient (Wildman–Crippen LogP) is 5.06. The largest absolute Gasteiger partial charge is 0.303 e. The van der Waals surface area contributed by atoms with Gasteiger partial charge in [-0.15, -0.1) is 0 Å². The normalized spacial score (nSPS) is 44.3. The third kappa shape index (κ3) is 3.49. The molecular weight excluding hydrogens is 254 g/mol. The molecule has 2 aliphatic carbocycles. The molecule has 0 aromatic heterocycles. The zero-order valence-corrected chi connectivity index (χ0v) is 14.9. The Morgan fingerprint density at radius 1 is 0.714 bits per heavy atom. The smallest absolute Gasteiger partial charge is 0.00148 e. The van der Waals surface area contributed by atoms with Crippen molar-refractivity contribution in [2.45, 2.75) is 66.2 Å². The van der Waals surface area contributed by atoms with Crippen LogP contribution in [0.4, 0.5) is 0 Å². The molecule has 0 N–H and O–H groups in total. The van der Waals surface area contributed by atoms with E-state index in [0.717, 1.165) is 41.4 Å². The first kappa shape index (κ1) is 15.8. The summed E-state index contributed by atoms with van der Waals surface area (Å²) in [7, 11) is 0. The molecule has 3 saturated heterocycles. The zero-order chi connectivity index (χ0) is 15.0. The Bertz CT molecular complexity index is 327. The second-order valence-corrected chi connectivity index (χ2v) is 9.13. The molecule has 0 aromatic carbocycles. The van der Waals surface area contributed by atoms with Crippen molar-refractivity contribution in [3.63, 3.8) is 0 Å². The lowest BCUT2D eigenvalue weighted by Crippen LogP contribution is -2.48. The molecule has 0 spiro atoms. The number of hydrogen-bond donors (Lipinski definition) is 0. The molecule has 2 unspecified atom stereocenters. The highest BCUT2D eigenvalue weighted by Crippen LogP contribution is 2.50. The van der Waals surface area contributed by atoms with Crippen molar-refractivity contribution in [2.24, 2.45) is 41.4 Å². The Balaban J connectivity index is 0.000000126. The number of piperidine rings is 3. The monoisotopic (exact) mass is 291 g/mol. The van der Waals surface area contributed by atoms with Gasteiger partial charge in [-0.2, -0.15) is 0 Å². The Kier molecular flexibility index (Phi) is 4.98. The van der Waals surface area contributed by atoms with Crippen LogP contribution in [-0.4, -0.2) is 24.5 Å². The lowest BCUT2D eigenvalue weighted by molar-refractivity contribution is 0.0277. The second-order valence-electron chi connectivity index (χ2n) is 9.13. The van der Waals surface area contributed by atoms with Gasteiger partial charge < -0.3 is 4.90 Å². The first-order chi connectivity index (χ1) is 10.0. The molecule has 3 aliphatic heterocycles. The van der Waals surface area contributed by atoms with Crippen LogP contribution in [0.3, 0.4) is 0 Å². The zero-order valence-electron chi connectivity index (χ0n) is 14.9. The average Bonchev–Trinajstić information content (AvgIpc) is 3.12. The predicted molar refractivity (Wildman–Crippen MR) is 91.3 cm³/mol. The third-order valence-electron chi connectivity index (χ3n) is 7.21. The second kappa shape index (κ2) is 6.60. The van der Waals surface area contributed by atoms with Crippen LogP contribution in [0.15, 0.2) is 0 Å². The standard InChI is InChI=1S/C10H19N.C10H18/c1-8(2)10-7-11-5-3-9(10)4-6-11;1-7(2)10-6-8-3-4-9(10)5-8/h8-10H,3-7H2,1-2H3;7-10H,3-6H2,1-2H3/t;8-,9+,10?/m.0/s1. The van der Waals surface area contributed by atoms with Crippen LogP contribution < -0.4 is 0 Å². The van der Waals surface area contributed by atoms with Crippen molar-refractivity contribution >= 4 is 0 Å². The summed E-state index contributed by atoms with van der Waals surface area (Å²) in [5, 5.41) is 0. The van der Waals surface area contributed by atoms with Gasteiger partial charge in [-0.05, 0) is 86.6 Å². The van der Waals surface area contributed by atoms with Crippen molar-refractivity contribution in [2.75, 3.05) is 19.6 Å². The number of hydrogen-bond acceptors (Lipinski definition) is 1. The molecule has 122 valence electrons. The molecule has 1 heteroatoms. The van der Waals surface area contributed by atoms with Crippen LogP contribution in [0.5, 0.6) is 0 Å². The van der Waals surface area contributed by atoms with Crippen LogP contribution in [0.25, 0.3) is 0 Å². The average molecular weight is 292 g/mol. The fourth-order valence-corrected chi connectivity index (χ4v) is 5.88. The molecule has 5 fully saturated rings. The Morgan fingerprint density at radius 2 is 1.38 bits per heavy atom. The van der Waals surface area contributed by atoms with Crippen molar-refractivity contribution in [3.05, 3.63) is 0 Å². The summed E-state index contributed by atoms with van der Waals surface area (Å²) in [5.41, 5.74) is 0. The molecule has 0 aromatic rings. The fraction of sp³-hybridized carbons (Fsp3) is 1.00. The van der Waals surface area contributed by atoms with Gasteiger partial charge in [0.25, 0.3) is 0 Å². The Labute approximate surface area is 132 Å². The summed E-state index contributed by atoms with van der Waals surface area (Å²) in [6.45, 7) is 13.7. The van der Waals surface area contributed by atoms with E-state index in [4.69, 9.17) is 0 Å². The first-order valence-corrected chi connectivity index (χ1v) is 9.77. The van der Waals surface area contributed by atoms with Gasteiger partial charge in [0.2, 0.25) is 0 Å². The highest BCUT2D eigenvalue weighted by molar-refractivity contribution is 4.91. The van der Waals surface area contributed by atoms with Gasteiger partial charge in [-0.1, -0.05) is 34.1 Å². The minimum absolute atomic E-state index is 0.906. The molecule has 0 radical (unpaired) electrons. The van der Waals surface area contributed by atoms with E-state index in [1.54, 1.807) is 25.7 Å². The van der Waals surface area contributed by atoms with Gasteiger partial charge in [0.05, 0.1) is 0 Å². The van der Waals surface area contributed by atoms with Crippen LogP contribution in [-0.2, 0) is 0 Å². The Hall–Kier alpha value is -0.0400. The van der Waals surface area contributed by atoms with Crippen LogP contribution in [0.1, 0.15) is 66.2 Å². The molecule has 2 saturated carbocycles. The molecule has 5 rings (SSSR count). The number of fused-ring (bicyclic) bond motifs is 5. The fourth-order valence-electron chi connectivity index (χ4n) is 5.88. The lowest BCUT2D eigenvalue weighted by atomic mass is 9.74. The van der Waals surface area contributed by atoms with Crippen molar-refractivity contribution < 1.29 is 0 Å². The van der Waals surface area contributed by atoms with E-state index in [-0.39, 0.29) is 0 Å². The maximum Gasteiger partial charge on any atom is 0.00148 e. The van der Waals surface area contributed by atoms with Crippen LogP contribution in [0.2, 0.25) is 0 Å². The van der Waals surface area contributed by atoms with E-state index < -0.39 is 0 Å². The summed E-state index contributed by atoms with van der Waals surface area (Å²) in [5.74, 6) is 7.30. The molecule has 5 aliphatic rings. The molecule has 1 nitrogen and oxygen atoms in total. The van der Waals surface area contributed by atoms with Gasteiger partial charge in [-0.3, -0.25) is 0 Å². The molecule has 4 atom stereocenters. The third-order valence-corrected chi connectivity index (χ3v) is 7.21. The van der Waals surface area contributed by atoms with Gasteiger partial charge >= 0.3 is 0 Å². The minimum atomic E-state index is 0.906. The summed E-state index contributed by atoms with van der Waals surface area (Å²) < 4.78 is 0. The van der Waals surface area contributed by atoms with Crippen molar-refractivity contribution in [3.8, 4) is 0 Å². The van der Waals surface area contributed by atoms with Gasteiger partial charge in [0.15, 0.2) is 0 Å². The van der Waals surface area contributed by atoms with Crippen molar-refractivity contribution in [1.82, 2.24) is 4.90 Å². The minimum Gasteiger partial charge on any atom is -0.303 e. The van der Waals surface area contributed by atoms with Gasteiger partial charge in [0.1, 0.15) is 0 Å². The van der Waals surface area contributed by atoms with Crippen LogP contribution >= 0.6 is 0 Å². The molecule has 4 bridgehead atoms. The lowest BCUT2D eigenvalue weighted by Gasteiger charge is -2.46. The topological polar surface area (TPSA) is 3.24 Å². The summed E-state index contributed by atoms with van der Waals surface area (Å²) in [6, 6.07) is 0. The van der Waals surface area contributed by atoms with E-state index in [1.807, 2.05) is 0 Å². The van der Waals surface area contributed by atoms with E-state index in [1.165, 1.54) is 32.5 Å². The highest BCUT2D eigenvalue weighted by atomic mass is 15.1. The maximum absolute atomic E-state index is 2.64. The number of nitrogens with zero attached hydrogens (tertiary/aromatic N) is 1. The highest BCUT2D eigenvalue weighted by Gasteiger charge is 2.40.